The number of amides is 2. The van der Waals surface area contributed by atoms with Gasteiger partial charge in [-0.25, -0.2) is 13.7 Å². The molecule has 1 saturated heterocycles. The Balaban J connectivity index is 1.13. The fourth-order valence-corrected chi connectivity index (χ4v) is 7.03. The molecular weight excluding hydrogens is 460 g/mol. The van der Waals surface area contributed by atoms with Gasteiger partial charge in [0.1, 0.15) is 11.6 Å². The van der Waals surface area contributed by atoms with E-state index in [0.29, 0.717) is 29.4 Å². The second-order valence-electron chi connectivity index (χ2n) is 10.3. The fraction of sp³-hybridized carbons (Fsp3) is 0.370. The van der Waals surface area contributed by atoms with Crippen molar-refractivity contribution < 1.29 is 23.2 Å². The van der Waals surface area contributed by atoms with E-state index < -0.39 is 11.6 Å². The van der Waals surface area contributed by atoms with Crippen molar-refractivity contribution in [1.29, 1.82) is 0 Å². The molecule has 5 aliphatic carbocycles. The molecular formula is C27H20ClF2NO3. The summed E-state index contributed by atoms with van der Waals surface area (Å²) in [5.41, 5.74) is 0.968. The third kappa shape index (κ3) is 2.72. The predicted molar refractivity (Wildman–Crippen MR) is 120 cm³/mol. The molecule has 4 fully saturated rings. The number of rotatable bonds is 4. The lowest BCUT2D eigenvalue weighted by molar-refractivity contribution is -0.124. The van der Waals surface area contributed by atoms with E-state index in [1.165, 1.54) is 24.3 Å². The minimum atomic E-state index is -0.633. The molecule has 2 aromatic rings. The van der Waals surface area contributed by atoms with Crippen LogP contribution in [0.2, 0.25) is 5.02 Å². The third-order valence-corrected chi connectivity index (χ3v) is 8.92. The van der Waals surface area contributed by atoms with E-state index in [4.69, 9.17) is 11.6 Å². The van der Waals surface area contributed by atoms with Gasteiger partial charge in [-0.2, -0.15) is 0 Å². The van der Waals surface area contributed by atoms with Crippen LogP contribution in [0, 0.1) is 53.1 Å². The highest BCUT2D eigenvalue weighted by Gasteiger charge is 2.67. The summed E-state index contributed by atoms with van der Waals surface area (Å²) in [6.07, 6.45) is 5.81. The highest BCUT2D eigenvalue weighted by atomic mass is 35.5. The number of ketones is 1. The summed E-state index contributed by atoms with van der Waals surface area (Å²) in [5.74, 6) is -2.08. The average molecular weight is 480 g/mol. The fourth-order valence-electron chi connectivity index (χ4n) is 6.85. The van der Waals surface area contributed by atoms with Gasteiger partial charge in [0, 0.05) is 11.5 Å². The molecule has 2 aromatic carbocycles. The zero-order valence-corrected chi connectivity index (χ0v) is 18.7. The highest BCUT2D eigenvalue weighted by Crippen LogP contribution is 2.65. The highest BCUT2D eigenvalue weighted by molar-refractivity contribution is 6.31. The molecule has 8 rings (SSSR count). The van der Waals surface area contributed by atoms with Crippen molar-refractivity contribution in [3.05, 3.63) is 76.3 Å². The zero-order valence-electron chi connectivity index (χ0n) is 18.0. The molecule has 3 saturated carbocycles. The lowest BCUT2D eigenvalue weighted by Gasteiger charge is -2.37. The van der Waals surface area contributed by atoms with Crippen molar-refractivity contribution in [2.45, 2.75) is 18.8 Å². The minimum absolute atomic E-state index is 0.00457. The van der Waals surface area contributed by atoms with E-state index in [2.05, 4.69) is 12.2 Å². The Labute approximate surface area is 199 Å². The smallest absolute Gasteiger partial charge is 0.238 e. The van der Waals surface area contributed by atoms with Crippen LogP contribution in [-0.4, -0.2) is 17.6 Å². The van der Waals surface area contributed by atoms with Crippen LogP contribution >= 0.6 is 11.6 Å². The van der Waals surface area contributed by atoms with Gasteiger partial charge in [0.15, 0.2) is 5.78 Å². The monoisotopic (exact) mass is 479 g/mol. The van der Waals surface area contributed by atoms with Crippen molar-refractivity contribution in [2.24, 2.45) is 41.4 Å². The van der Waals surface area contributed by atoms with E-state index in [9.17, 15) is 18.8 Å². The van der Waals surface area contributed by atoms with Crippen molar-refractivity contribution in [2.75, 3.05) is 4.90 Å². The molecule has 172 valence electrons. The van der Waals surface area contributed by atoms with Gasteiger partial charge < -0.3 is 0 Å². The van der Waals surface area contributed by atoms with Gasteiger partial charge in [-0.15, -0.1) is 0 Å². The topological polar surface area (TPSA) is 54.5 Å². The molecule has 8 atom stereocenters. The lowest BCUT2D eigenvalue weighted by atomic mass is 9.63. The first-order chi connectivity index (χ1) is 16.3. The first-order valence-electron chi connectivity index (χ1n) is 11.7. The van der Waals surface area contributed by atoms with E-state index in [1.54, 1.807) is 6.07 Å². The van der Waals surface area contributed by atoms with Crippen molar-refractivity contribution in [3.63, 3.8) is 0 Å². The molecule has 0 radical (unpaired) electrons. The maximum absolute atomic E-state index is 15.3. The molecule has 1 aliphatic heterocycles. The van der Waals surface area contributed by atoms with Crippen LogP contribution in [0.1, 0.15) is 34.7 Å². The summed E-state index contributed by atoms with van der Waals surface area (Å²) in [6.45, 7) is 0. The molecule has 2 bridgehead atoms. The largest absolute Gasteiger partial charge is 0.294 e. The van der Waals surface area contributed by atoms with E-state index in [1.807, 2.05) is 0 Å². The molecule has 7 heteroatoms. The Hall–Kier alpha value is -2.86. The summed E-state index contributed by atoms with van der Waals surface area (Å²) in [6, 6.07) is 8.39. The molecule has 0 N–H and O–H groups in total. The Morgan fingerprint density at radius 1 is 0.882 bits per heavy atom. The number of imide groups is 1. The summed E-state index contributed by atoms with van der Waals surface area (Å²) < 4.78 is 28.7. The molecule has 0 aromatic heterocycles. The number of carbonyl (C=O) groups is 3. The SMILES string of the molecule is O=C(c1ccc(F)c(Cl)c1)C1CC1c1ccc(N2C(=O)[C@@H]3[C@@H]4C=CC([C@H]5CC54)[C@@H]3C2=O)c(F)c1. The maximum Gasteiger partial charge on any atom is 0.238 e. The molecule has 4 nitrogen and oxygen atoms in total. The summed E-state index contributed by atoms with van der Waals surface area (Å²) in [7, 11) is 0. The first-order valence-corrected chi connectivity index (χ1v) is 12.1. The van der Waals surface area contributed by atoms with Crippen molar-refractivity contribution in [3.8, 4) is 0 Å². The van der Waals surface area contributed by atoms with Crippen LogP contribution < -0.4 is 4.90 Å². The maximum atomic E-state index is 15.3. The van der Waals surface area contributed by atoms with Crippen molar-refractivity contribution in [1.82, 2.24) is 0 Å². The molecule has 0 spiro atoms. The van der Waals surface area contributed by atoms with Gasteiger partial charge in [-0.3, -0.25) is 14.4 Å². The zero-order chi connectivity index (χ0) is 23.5. The van der Waals surface area contributed by atoms with Crippen LogP contribution in [0.5, 0.6) is 0 Å². The number of halogens is 3. The Kier molecular flexibility index (Phi) is 4.13. The van der Waals surface area contributed by atoms with Gasteiger partial charge in [-0.1, -0.05) is 29.8 Å². The van der Waals surface area contributed by atoms with Crippen LogP contribution in [0.3, 0.4) is 0 Å². The van der Waals surface area contributed by atoms with Crippen LogP contribution in [0.4, 0.5) is 14.5 Å². The molecule has 1 heterocycles. The molecule has 34 heavy (non-hydrogen) atoms. The number of benzene rings is 2. The van der Waals surface area contributed by atoms with Crippen molar-refractivity contribution >= 4 is 34.9 Å². The summed E-state index contributed by atoms with van der Waals surface area (Å²) >= 11 is 5.80. The Morgan fingerprint density at radius 3 is 2.18 bits per heavy atom. The first kappa shape index (κ1) is 20.5. The second kappa shape index (κ2) is 6.85. The van der Waals surface area contributed by atoms with Gasteiger partial charge in [0.2, 0.25) is 11.8 Å². The number of hydrogen-bond acceptors (Lipinski definition) is 3. The number of allylic oxidation sites excluding steroid dienone is 2. The van der Waals surface area contributed by atoms with E-state index in [-0.39, 0.29) is 63.8 Å². The molecule has 6 aliphatic rings. The number of Topliss-reactive ketones (excluding diaryl/α,β-unsaturated/α-hetero) is 1. The number of nitrogens with zero attached hydrogens (tertiary/aromatic N) is 1. The van der Waals surface area contributed by atoms with Gasteiger partial charge in [-0.05, 0) is 78.3 Å². The summed E-state index contributed by atoms with van der Waals surface area (Å²) in [5, 5.41) is -0.111. The predicted octanol–water partition coefficient (Wildman–Crippen LogP) is 5.16. The average Bonchev–Trinajstić information content (AvgIpc) is 3.74. The van der Waals surface area contributed by atoms with E-state index in [0.717, 1.165) is 17.4 Å². The number of carbonyl (C=O) groups excluding carboxylic acids is 3. The van der Waals surface area contributed by atoms with Gasteiger partial charge >= 0.3 is 0 Å². The van der Waals surface area contributed by atoms with Crippen LogP contribution in [-0.2, 0) is 9.59 Å². The normalized spacial score (nSPS) is 36.5. The quantitative estimate of drug-likeness (QED) is 0.346. The van der Waals surface area contributed by atoms with Gasteiger partial charge in [0.25, 0.3) is 0 Å². The number of anilines is 1. The van der Waals surface area contributed by atoms with Crippen LogP contribution in [0.15, 0.2) is 48.6 Å². The standard InChI is InChI=1S/C27H20ClF2NO3/c28-19-7-12(1-5-20(19)29)25(32)18-9-15(18)11-2-6-22(21(30)8-11)31-26(33)23-13-3-4-14(17-10-16(13)17)24(23)27(31)34/h1-8,13-18,23-24H,9-10H2/t13-,14?,15?,16?,17-,18?,23-,24+/m1/s1. The lowest BCUT2D eigenvalue weighted by Crippen LogP contribution is -2.40. The second-order valence-corrected chi connectivity index (χ2v) is 10.7. The Bertz CT molecular complexity index is 1300. The Morgan fingerprint density at radius 2 is 1.56 bits per heavy atom. The van der Waals surface area contributed by atoms with Crippen LogP contribution in [0.25, 0.3) is 0 Å². The van der Waals surface area contributed by atoms with E-state index >= 15 is 4.39 Å². The third-order valence-electron chi connectivity index (χ3n) is 8.63. The molecule has 4 unspecified atom stereocenters. The number of hydrogen-bond donors (Lipinski definition) is 0. The minimum Gasteiger partial charge on any atom is -0.294 e. The summed E-state index contributed by atoms with van der Waals surface area (Å²) in [4.78, 5) is 40.3. The van der Waals surface area contributed by atoms with Gasteiger partial charge in [0.05, 0.1) is 22.5 Å². The molecule has 2 amide bonds.